The molecular formula is C41H51N11O4. The topological polar surface area (TPSA) is 167 Å². The number of hydrogen-bond donors (Lipinski definition) is 1. The largest absolute Gasteiger partial charge is 0.491 e. The number of fused-ring (bicyclic) bond motifs is 2. The number of carbonyl (C=O) groups excluding carboxylic acids is 3. The number of aryl methyl sites for hydroxylation is 6. The van der Waals surface area contributed by atoms with E-state index in [0.717, 1.165) is 27.9 Å². The summed E-state index contributed by atoms with van der Waals surface area (Å²) in [5.41, 5.74) is 14.3. The number of primary amides is 1. The first-order valence-electron chi connectivity index (χ1n) is 18.9. The van der Waals surface area contributed by atoms with Crippen molar-refractivity contribution in [2.45, 2.75) is 81.6 Å². The average Bonchev–Trinajstić information content (AvgIpc) is 3.89. The molecule has 0 unspecified atom stereocenters. The maximum Gasteiger partial charge on any atom is 0.298 e. The first kappa shape index (κ1) is 39.4. The van der Waals surface area contributed by atoms with Crippen LogP contribution in [0, 0.1) is 19.8 Å². The number of nitrogens with zero attached hydrogens (tertiary/aromatic N) is 10. The van der Waals surface area contributed by atoms with Crippen LogP contribution in [-0.2, 0) is 40.3 Å². The molecule has 0 saturated carbocycles. The van der Waals surface area contributed by atoms with Crippen molar-refractivity contribution >= 4 is 39.8 Å². The van der Waals surface area contributed by atoms with Crippen molar-refractivity contribution in [2.24, 2.45) is 35.7 Å². The number of carbonyl (C=O) groups is 3. The number of amides is 3. The third-order valence-corrected chi connectivity index (χ3v) is 9.92. The summed E-state index contributed by atoms with van der Waals surface area (Å²) in [7, 11) is 3.71. The van der Waals surface area contributed by atoms with Crippen molar-refractivity contribution in [3.63, 3.8) is 0 Å². The average molecular weight is 762 g/mol. The molecule has 0 saturated heterocycles. The summed E-state index contributed by atoms with van der Waals surface area (Å²) in [5.74, 6) is -0.774. The van der Waals surface area contributed by atoms with Crippen molar-refractivity contribution < 1.29 is 19.1 Å². The second-order valence-electron chi connectivity index (χ2n) is 14.7. The van der Waals surface area contributed by atoms with Gasteiger partial charge in [0.25, 0.3) is 11.8 Å². The minimum absolute atomic E-state index is 0.197. The molecule has 294 valence electrons. The first-order chi connectivity index (χ1) is 26.6. The number of benzene rings is 2. The van der Waals surface area contributed by atoms with E-state index in [1.54, 1.807) is 45.2 Å². The second kappa shape index (κ2) is 15.8. The molecule has 0 aliphatic heterocycles. The smallest absolute Gasteiger partial charge is 0.298 e. The highest BCUT2D eigenvalue weighted by Gasteiger charge is 2.22. The zero-order valence-corrected chi connectivity index (χ0v) is 33.9. The Morgan fingerprint density at radius 2 is 1.25 bits per heavy atom. The molecule has 0 radical (unpaired) electrons. The molecule has 0 bridgehead atoms. The lowest BCUT2D eigenvalue weighted by Crippen LogP contribution is -2.28. The predicted molar refractivity (Wildman–Crippen MR) is 214 cm³/mol. The van der Waals surface area contributed by atoms with Crippen LogP contribution in [0.5, 0.6) is 5.75 Å². The Morgan fingerprint density at radius 1 is 0.750 bits per heavy atom. The molecule has 15 nitrogen and oxygen atoms in total. The lowest BCUT2D eigenvalue weighted by Gasteiger charge is -2.15. The molecule has 4 heterocycles. The number of allylic oxidation sites excluding steroid dienone is 2. The van der Waals surface area contributed by atoms with Crippen LogP contribution in [0.25, 0.3) is 22.1 Å². The zero-order valence-electron chi connectivity index (χ0n) is 33.9. The lowest BCUT2D eigenvalue weighted by atomic mass is 10.1. The Morgan fingerprint density at radius 3 is 1.77 bits per heavy atom. The minimum atomic E-state index is -0.598. The van der Waals surface area contributed by atoms with Gasteiger partial charge in [0.05, 0.1) is 34.5 Å². The minimum Gasteiger partial charge on any atom is -0.491 e. The fourth-order valence-corrected chi connectivity index (χ4v) is 6.92. The number of ether oxygens (including phenoxy) is 1. The summed E-state index contributed by atoms with van der Waals surface area (Å²) in [6, 6.07) is 14.8. The molecule has 0 aliphatic rings. The molecule has 15 heteroatoms. The SMILES string of the molecule is CCn1nc(C)cc1C(=O)/N=c1\n(C)c2ccccc2n1C/C(C)=C(\C)Cn1/c(=N/C(=O)c2cc(C)nn2CC)n(C)c2cc(C(N)=O)cc(OCC(C)C)c21. The van der Waals surface area contributed by atoms with Crippen LogP contribution in [0.4, 0.5) is 0 Å². The molecule has 6 rings (SSSR count). The van der Waals surface area contributed by atoms with Crippen LogP contribution in [0.3, 0.4) is 0 Å². The van der Waals surface area contributed by atoms with Crippen molar-refractivity contribution in [2.75, 3.05) is 6.61 Å². The fourth-order valence-electron chi connectivity index (χ4n) is 6.92. The zero-order chi connectivity index (χ0) is 40.6. The van der Waals surface area contributed by atoms with E-state index < -0.39 is 11.8 Å². The standard InChI is InChI=1S/C41H51N11O4/c1-11-51-33(17-27(7)45-51)38(54)43-40-47(9)30-15-13-14-16-31(30)49(40)21-25(5)26(6)22-50-36-32(19-29(37(42)53)20-35(36)56-23-24(3)4)48(10)41(50)44-39(55)34-18-28(8)46-52(34)12-2/h13-20,24H,11-12,21-23H2,1-10H3,(H2,42,53)/b26-25+,43-40+,44-41+. The van der Waals surface area contributed by atoms with Gasteiger partial charge < -0.3 is 28.7 Å². The maximum atomic E-state index is 13.9. The van der Waals surface area contributed by atoms with Gasteiger partial charge in [-0.15, -0.1) is 0 Å². The number of aromatic nitrogens is 8. The lowest BCUT2D eigenvalue weighted by molar-refractivity contribution is 0.0977. The van der Waals surface area contributed by atoms with E-state index in [-0.39, 0.29) is 17.4 Å². The van der Waals surface area contributed by atoms with Crippen molar-refractivity contribution in [3.8, 4) is 5.75 Å². The van der Waals surface area contributed by atoms with Crippen LogP contribution in [0.2, 0.25) is 0 Å². The van der Waals surface area contributed by atoms with E-state index in [4.69, 9.17) is 15.5 Å². The van der Waals surface area contributed by atoms with Gasteiger partial charge in [0.15, 0.2) is 0 Å². The summed E-state index contributed by atoms with van der Waals surface area (Å²) in [6.07, 6.45) is 0. The summed E-state index contributed by atoms with van der Waals surface area (Å²) < 4.78 is 17.4. The Hall–Kier alpha value is -6.25. The summed E-state index contributed by atoms with van der Waals surface area (Å²) in [5, 5.41) is 8.91. The van der Waals surface area contributed by atoms with Crippen molar-refractivity contribution in [3.05, 3.63) is 99.3 Å². The summed E-state index contributed by atoms with van der Waals surface area (Å²) >= 11 is 0. The fraction of sp³-hybridized carbons (Fsp3) is 0.390. The van der Waals surface area contributed by atoms with Gasteiger partial charge in [-0.3, -0.25) is 23.7 Å². The van der Waals surface area contributed by atoms with Gasteiger partial charge in [0.1, 0.15) is 22.7 Å². The van der Waals surface area contributed by atoms with Crippen LogP contribution < -0.4 is 21.7 Å². The molecule has 2 aromatic carbocycles. The van der Waals surface area contributed by atoms with Gasteiger partial charge in [0.2, 0.25) is 17.1 Å². The molecule has 0 atom stereocenters. The van der Waals surface area contributed by atoms with E-state index in [2.05, 4.69) is 15.2 Å². The Kier molecular flexibility index (Phi) is 11.2. The molecule has 2 N–H and O–H groups in total. The van der Waals surface area contributed by atoms with Gasteiger partial charge in [-0.2, -0.15) is 20.2 Å². The quantitative estimate of drug-likeness (QED) is 0.173. The summed E-state index contributed by atoms with van der Waals surface area (Å²) in [6.45, 7) is 17.9. The number of hydrogen-bond acceptors (Lipinski definition) is 6. The van der Waals surface area contributed by atoms with Gasteiger partial charge in [-0.05, 0) is 83.9 Å². The first-order valence-corrected chi connectivity index (χ1v) is 18.9. The van der Waals surface area contributed by atoms with E-state index in [9.17, 15) is 14.4 Å². The summed E-state index contributed by atoms with van der Waals surface area (Å²) in [4.78, 5) is 49.5. The van der Waals surface area contributed by atoms with Crippen LogP contribution in [-0.4, -0.2) is 62.2 Å². The highest BCUT2D eigenvalue weighted by molar-refractivity contribution is 5.99. The predicted octanol–water partition coefficient (Wildman–Crippen LogP) is 4.98. The Bertz CT molecular complexity index is 2690. The molecule has 0 aliphatic carbocycles. The number of nitrogens with two attached hydrogens (primary N) is 1. The second-order valence-corrected chi connectivity index (χ2v) is 14.7. The number of para-hydroxylation sites is 2. The molecular weight excluding hydrogens is 711 g/mol. The van der Waals surface area contributed by atoms with Gasteiger partial charge in [0, 0.05) is 45.8 Å². The maximum absolute atomic E-state index is 13.9. The monoisotopic (exact) mass is 761 g/mol. The Labute approximate surface area is 325 Å². The van der Waals surface area contributed by atoms with E-state index >= 15 is 0 Å². The highest BCUT2D eigenvalue weighted by atomic mass is 16.5. The highest BCUT2D eigenvalue weighted by Crippen LogP contribution is 2.29. The van der Waals surface area contributed by atoms with E-state index in [1.165, 1.54) is 0 Å². The van der Waals surface area contributed by atoms with Crippen molar-refractivity contribution in [1.82, 2.24) is 37.8 Å². The van der Waals surface area contributed by atoms with Crippen molar-refractivity contribution in [1.29, 1.82) is 0 Å². The number of rotatable bonds is 12. The molecule has 3 amide bonds. The number of imidazole rings is 2. The van der Waals surface area contributed by atoms with Crippen LogP contribution in [0.1, 0.15) is 84.3 Å². The van der Waals surface area contributed by atoms with Gasteiger partial charge >= 0.3 is 0 Å². The van der Waals surface area contributed by atoms with Crippen LogP contribution >= 0.6 is 0 Å². The third-order valence-electron chi connectivity index (χ3n) is 9.92. The molecule has 4 aromatic heterocycles. The molecule has 6 aromatic rings. The van der Waals surface area contributed by atoms with Crippen LogP contribution in [0.15, 0.2) is 69.7 Å². The normalized spacial score (nSPS) is 13.1. The van der Waals surface area contributed by atoms with E-state index in [0.29, 0.717) is 77.9 Å². The van der Waals surface area contributed by atoms with Gasteiger partial charge in [-0.1, -0.05) is 37.1 Å². The Balaban J connectivity index is 1.53. The van der Waals surface area contributed by atoms with E-state index in [1.807, 2.05) is 100 Å². The molecule has 0 spiro atoms. The third kappa shape index (κ3) is 7.53. The van der Waals surface area contributed by atoms with Gasteiger partial charge in [-0.25, -0.2) is 0 Å². The molecule has 0 fully saturated rings. The molecule has 56 heavy (non-hydrogen) atoms.